The Balaban J connectivity index is 2.60. The Morgan fingerprint density at radius 3 is 2.55 bits per heavy atom. The monoisotopic (exact) mass is 293 g/mol. The summed E-state index contributed by atoms with van der Waals surface area (Å²) in [4.78, 5) is 12.0. The van der Waals surface area contributed by atoms with Crippen LogP contribution in [0.15, 0.2) is 10.9 Å². The van der Waals surface area contributed by atoms with Gasteiger partial charge < -0.3 is 0 Å². The normalized spacial score (nSPS) is 11.5. The van der Waals surface area contributed by atoms with Gasteiger partial charge in [0.15, 0.2) is 10.6 Å². The number of H-pyrrole nitrogens is 2. The number of aromatic nitrogens is 5. The Kier molecular flexibility index (Phi) is 4.17. The van der Waals surface area contributed by atoms with Gasteiger partial charge in [-0.25, -0.2) is 5.10 Å². The first-order chi connectivity index (χ1) is 9.40. The van der Waals surface area contributed by atoms with Gasteiger partial charge in [-0.3, -0.25) is 14.5 Å². The van der Waals surface area contributed by atoms with E-state index in [1.54, 1.807) is 6.07 Å². The minimum atomic E-state index is -0.256. The molecular weight excluding hydrogens is 274 g/mol. The van der Waals surface area contributed by atoms with Crippen molar-refractivity contribution in [1.29, 1.82) is 0 Å². The molecule has 0 aromatic carbocycles. The van der Waals surface area contributed by atoms with Crippen LogP contribution in [0.5, 0.6) is 0 Å². The summed E-state index contributed by atoms with van der Waals surface area (Å²) in [6.07, 6.45) is 0. The Bertz CT molecular complexity index is 710. The number of hydrogen-bond donors (Lipinski definition) is 2. The summed E-state index contributed by atoms with van der Waals surface area (Å²) in [5, 5.41) is 13.5. The molecule has 0 fully saturated rings. The SMILES string of the molecule is CC(C)Cn1c(-c2cc(C(C)C)n[nH]c2=O)n[nH]c1=S. The Hall–Kier alpha value is -1.76. The van der Waals surface area contributed by atoms with Gasteiger partial charge in [-0.05, 0) is 30.1 Å². The second-order valence-electron chi connectivity index (χ2n) is 5.55. The van der Waals surface area contributed by atoms with Gasteiger partial charge in [-0.2, -0.15) is 10.2 Å². The molecule has 0 bridgehead atoms. The molecule has 0 aliphatic heterocycles. The summed E-state index contributed by atoms with van der Waals surface area (Å²) >= 11 is 5.24. The fraction of sp³-hybridized carbons (Fsp3) is 0.538. The first-order valence-corrected chi connectivity index (χ1v) is 7.06. The number of nitrogens with one attached hydrogen (secondary N) is 2. The van der Waals surface area contributed by atoms with Crippen molar-refractivity contribution in [3.63, 3.8) is 0 Å². The Labute approximate surface area is 122 Å². The summed E-state index contributed by atoms with van der Waals surface area (Å²) in [6.45, 7) is 8.94. The second-order valence-corrected chi connectivity index (χ2v) is 5.93. The fourth-order valence-electron chi connectivity index (χ4n) is 1.94. The molecule has 0 aliphatic carbocycles. The van der Waals surface area contributed by atoms with Crippen molar-refractivity contribution >= 4 is 12.2 Å². The molecule has 2 heterocycles. The maximum Gasteiger partial charge on any atom is 0.275 e. The van der Waals surface area contributed by atoms with Crippen LogP contribution in [0.4, 0.5) is 0 Å². The molecule has 0 aliphatic rings. The van der Waals surface area contributed by atoms with E-state index in [4.69, 9.17) is 12.2 Å². The van der Waals surface area contributed by atoms with Crippen LogP contribution < -0.4 is 5.56 Å². The van der Waals surface area contributed by atoms with Crippen LogP contribution in [0.25, 0.3) is 11.4 Å². The molecule has 0 unspecified atom stereocenters. The molecule has 0 saturated carbocycles. The molecule has 2 aromatic rings. The van der Waals surface area contributed by atoms with Crippen LogP contribution in [0, 0.1) is 10.7 Å². The lowest BCUT2D eigenvalue weighted by molar-refractivity contribution is 0.521. The Morgan fingerprint density at radius 2 is 1.95 bits per heavy atom. The lowest BCUT2D eigenvalue weighted by Gasteiger charge is -2.10. The highest BCUT2D eigenvalue weighted by atomic mass is 32.1. The maximum atomic E-state index is 12.0. The van der Waals surface area contributed by atoms with Crippen LogP contribution in [0.2, 0.25) is 0 Å². The number of hydrogen-bond acceptors (Lipinski definition) is 4. The molecule has 2 rings (SSSR count). The molecule has 0 saturated heterocycles. The molecule has 20 heavy (non-hydrogen) atoms. The van der Waals surface area contributed by atoms with Crippen LogP contribution in [0.1, 0.15) is 39.3 Å². The van der Waals surface area contributed by atoms with Crippen molar-refractivity contribution in [1.82, 2.24) is 25.0 Å². The van der Waals surface area contributed by atoms with Gasteiger partial charge in [0.1, 0.15) is 0 Å². The van der Waals surface area contributed by atoms with E-state index in [-0.39, 0.29) is 11.5 Å². The van der Waals surface area contributed by atoms with E-state index in [0.717, 1.165) is 5.69 Å². The fourth-order valence-corrected chi connectivity index (χ4v) is 2.15. The zero-order valence-corrected chi connectivity index (χ0v) is 12.9. The number of rotatable bonds is 4. The van der Waals surface area contributed by atoms with Gasteiger partial charge in [0.2, 0.25) is 0 Å². The van der Waals surface area contributed by atoms with Crippen molar-refractivity contribution in [2.24, 2.45) is 5.92 Å². The molecule has 0 spiro atoms. The topological polar surface area (TPSA) is 79.4 Å². The predicted molar refractivity (Wildman–Crippen MR) is 80.2 cm³/mol. The quantitative estimate of drug-likeness (QED) is 0.849. The standard InChI is InChI=1S/C13H19N5OS/c1-7(2)6-18-11(15-17-13(18)20)9-5-10(8(3)4)14-16-12(9)19/h5,7-8H,6H2,1-4H3,(H,16,19)(H,17,20). The summed E-state index contributed by atoms with van der Waals surface area (Å²) in [5.41, 5.74) is 1.06. The Morgan fingerprint density at radius 1 is 1.25 bits per heavy atom. The van der Waals surface area contributed by atoms with Crippen LogP contribution >= 0.6 is 12.2 Å². The molecule has 108 valence electrons. The van der Waals surface area contributed by atoms with Gasteiger partial charge in [-0.15, -0.1) is 0 Å². The zero-order chi connectivity index (χ0) is 14.9. The third-order valence-electron chi connectivity index (χ3n) is 2.96. The molecule has 6 nitrogen and oxygen atoms in total. The summed E-state index contributed by atoms with van der Waals surface area (Å²) in [5.74, 6) is 1.20. The average molecular weight is 293 g/mol. The molecular formula is C13H19N5OS. The smallest absolute Gasteiger partial charge is 0.275 e. The van der Waals surface area contributed by atoms with E-state index < -0.39 is 0 Å². The molecule has 2 N–H and O–H groups in total. The van der Waals surface area contributed by atoms with Gasteiger partial charge in [0.25, 0.3) is 5.56 Å². The van der Waals surface area contributed by atoms with E-state index in [9.17, 15) is 4.79 Å². The first kappa shape index (κ1) is 14.6. The maximum absolute atomic E-state index is 12.0. The third-order valence-corrected chi connectivity index (χ3v) is 3.27. The third kappa shape index (κ3) is 2.87. The highest BCUT2D eigenvalue weighted by Crippen LogP contribution is 2.18. The molecule has 0 atom stereocenters. The average Bonchev–Trinajstić information content (AvgIpc) is 2.71. The van der Waals surface area contributed by atoms with E-state index in [2.05, 4.69) is 34.2 Å². The molecule has 0 amide bonds. The zero-order valence-electron chi connectivity index (χ0n) is 12.1. The van der Waals surface area contributed by atoms with E-state index in [1.165, 1.54) is 0 Å². The first-order valence-electron chi connectivity index (χ1n) is 6.65. The van der Waals surface area contributed by atoms with Crippen LogP contribution in [-0.4, -0.2) is 25.0 Å². The van der Waals surface area contributed by atoms with Crippen molar-refractivity contribution in [3.8, 4) is 11.4 Å². The minimum Gasteiger partial charge on any atom is -0.300 e. The van der Waals surface area contributed by atoms with Crippen molar-refractivity contribution in [2.45, 2.75) is 40.2 Å². The van der Waals surface area contributed by atoms with E-state index in [1.807, 2.05) is 18.4 Å². The lowest BCUT2D eigenvalue weighted by atomic mass is 10.1. The number of nitrogens with zero attached hydrogens (tertiary/aromatic N) is 3. The highest BCUT2D eigenvalue weighted by molar-refractivity contribution is 7.71. The van der Waals surface area contributed by atoms with Gasteiger partial charge in [0.05, 0.1) is 11.3 Å². The molecule has 2 aromatic heterocycles. The van der Waals surface area contributed by atoms with Crippen LogP contribution in [-0.2, 0) is 6.54 Å². The van der Waals surface area contributed by atoms with Gasteiger partial charge >= 0.3 is 0 Å². The minimum absolute atomic E-state index is 0.228. The number of aromatic amines is 2. The highest BCUT2D eigenvalue weighted by Gasteiger charge is 2.15. The van der Waals surface area contributed by atoms with Crippen molar-refractivity contribution in [3.05, 3.63) is 26.9 Å². The summed E-state index contributed by atoms with van der Waals surface area (Å²) in [6, 6.07) is 1.78. The van der Waals surface area contributed by atoms with E-state index in [0.29, 0.717) is 28.6 Å². The van der Waals surface area contributed by atoms with Crippen LogP contribution in [0.3, 0.4) is 0 Å². The van der Waals surface area contributed by atoms with E-state index >= 15 is 0 Å². The van der Waals surface area contributed by atoms with Gasteiger partial charge in [-0.1, -0.05) is 27.7 Å². The van der Waals surface area contributed by atoms with Crippen molar-refractivity contribution in [2.75, 3.05) is 0 Å². The van der Waals surface area contributed by atoms with Crippen molar-refractivity contribution < 1.29 is 0 Å². The predicted octanol–water partition coefficient (Wildman–Crippen LogP) is 2.47. The largest absolute Gasteiger partial charge is 0.300 e. The molecule has 7 heteroatoms. The van der Waals surface area contributed by atoms with Gasteiger partial charge in [0, 0.05) is 6.54 Å². The summed E-state index contributed by atoms with van der Waals surface area (Å²) in [7, 11) is 0. The molecule has 0 radical (unpaired) electrons. The summed E-state index contributed by atoms with van der Waals surface area (Å²) < 4.78 is 2.38. The lowest BCUT2D eigenvalue weighted by Crippen LogP contribution is -2.16. The second kappa shape index (κ2) is 5.70.